The number of nitrogens with zero attached hydrogens (tertiary/aromatic N) is 1. The highest BCUT2D eigenvalue weighted by molar-refractivity contribution is 8.00. The number of nitrogens with one attached hydrogen (secondary N) is 1. The molecule has 0 aromatic heterocycles. The zero-order chi connectivity index (χ0) is 16.0. The van der Waals surface area contributed by atoms with Gasteiger partial charge in [0, 0.05) is 30.0 Å². The maximum atomic E-state index is 12.1. The van der Waals surface area contributed by atoms with Crippen LogP contribution < -0.4 is 5.32 Å². The third kappa shape index (κ3) is 6.24. The molecule has 1 aliphatic rings. The number of rotatable bonds is 6. The van der Waals surface area contributed by atoms with Gasteiger partial charge < -0.3 is 20.4 Å². The maximum absolute atomic E-state index is 12.1. The molecule has 21 heavy (non-hydrogen) atoms. The minimum Gasteiger partial charge on any atom is -0.481 e. The van der Waals surface area contributed by atoms with Gasteiger partial charge in [-0.25, -0.2) is 9.59 Å². The number of amides is 2. The molecule has 3 N–H and O–H groups in total. The molecule has 2 amide bonds. The van der Waals surface area contributed by atoms with E-state index in [-0.39, 0.29) is 19.3 Å². The highest BCUT2D eigenvalue weighted by Gasteiger charge is 2.28. The van der Waals surface area contributed by atoms with Crippen molar-refractivity contribution >= 4 is 29.7 Å². The molecule has 2 unspecified atom stereocenters. The molecule has 120 valence electrons. The van der Waals surface area contributed by atoms with Crippen LogP contribution in [0.25, 0.3) is 0 Å². The zero-order valence-corrected chi connectivity index (χ0v) is 13.1. The van der Waals surface area contributed by atoms with Crippen molar-refractivity contribution in [3.63, 3.8) is 0 Å². The normalized spacial score (nSPS) is 23.4. The topological polar surface area (TPSA) is 107 Å². The summed E-state index contributed by atoms with van der Waals surface area (Å²) in [5, 5.41) is 20.8. The van der Waals surface area contributed by atoms with Gasteiger partial charge in [-0.3, -0.25) is 4.79 Å². The van der Waals surface area contributed by atoms with Gasteiger partial charge in [0.1, 0.15) is 6.04 Å². The third-order valence-corrected chi connectivity index (χ3v) is 4.41. The fraction of sp³-hybridized carbons (Fsp3) is 0.769. The van der Waals surface area contributed by atoms with Gasteiger partial charge in [0.15, 0.2) is 0 Å². The van der Waals surface area contributed by atoms with E-state index < -0.39 is 24.0 Å². The van der Waals surface area contributed by atoms with Crippen LogP contribution >= 0.6 is 11.8 Å². The van der Waals surface area contributed by atoms with Crippen LogP contribution in [0.15, 0.2) is 0 Å². The number of carbonyl (C=O) groups is 3. The Bertz CT molecular complexity index is 394. The number of thioether (sulfide) groups is 1. The van der Waals surface area contributed by atoms with Crippen LogP contribution in [0.2, 0.25) is 0 Å². The van der Waals surface area contributed by atoms with Gasteiger partial charge in [-0.15, -0.1) is 0 Å². The SMILES string of the molecule is CC1CN(C(=O)N[C@H](CCCC(=O)O)C(=O)O)CC(C)S1. The Balaban J connectivity index is 2.51. The Hall–Kier alpha value is -1.44. The summed E-state index contributed by atoms with van der Waals surface area (Å²) in [4.78, 5) is 35.3. The fourth-order valence-electron chi connectivity index (χ4n) is 2.30. The summed E-state index contributed by atoms with van der Waals surface area (Å²) in [6.45, 7) is 5.23. The van der Waals surface area contributed by atoms with Gasteiger partial charge in [-0.2, -0.15) is 11.8 Å². The summed E-state index contributed by atoms with van der Waals surface area (Å²) in [6.07, 6.45) is 0.227. The Morgan fingerprint density at radius 2 is 1.81 bits per heavy atom. The van der Waals surface area contributed by atoms with Gasteiger partial charge in [0.2, 0.25) is 0 Å². The van der Waals surface area contributed by atoms with E-state index in [2.05, 4.69) is 5.32 Å². The second-order valence-electron chi connectivity index (χ2n) is 5.29. The van der Waals surface area contributed by atoms with Crippen molar-refractivity contribution in [2.75, 3.05) is 13.1 Å². The van der Waals surface area contributed by atoms with E-state index in [0.717, 1.165) is 0 Å². The molecule has 0 aromatic carbocycles. The Labute approximate surface area is 128 Å². The van der Waals surface area contributed by atoms with E-state index in [1.807, 2.05) is 13.8 Å². The molecule has 1 heterocycles. The average Bonchev–Trinajstić information content (AvgIpc) is 2.35. The second kappa shape index (κ2) is 8.11. The van der Waals surface area contributed by atoms with E-state index in [9.17, 15) is 14.4 Å². The van der Waals surface area contributed by atoms with Crippen LogP contribution in [-0.4, -0.2) is 62.7 Å². The molecule has 1 rings (SSSR count). The van der Waals surface area contributed by atoms with Gasteiger partial charge in [-0.1, -0.05) is 13.8 Å². The lowest BCUT2D eigenvalue weighted by Crippen LogP contribution is -2.52. The lowest BCUT2D eigenvalue weighted by molar-refractivity contribution is -0.140. The lowest BCUT2D eigenvalue weighted by atomic mass is 10.1. The molecule has 1 saturated heterocycles. The van der Waals surface area contributed by atoms with Crippen molar-refractivity contribution in [3.05, 3.63) is 0 Å². The molecule has 0 aromatic rings. The number of hydrogen-bond donors (Lipinski definition) is 3. The second-order valence-corrected chi connectivity index (χ2v) is 7.17. The maximum Gasteiger partial charge on any atom is 0.326 e. The van der Waals surface area contributed by atoms with E-state index >= 15 is 0 Å². The van der Waals surface area contributed by atoms with Crippen LogP contribution in [0.5, 0.6) is 0 Å². The van der Waals surface area contributed by atoms with Crippen LogP contribution in [0.1, 0.15) is 33.1 Å². The van der Waals surface area contributed by atoms with E-state index in [0.29, 0.717) is 23.6 Å². The van der Waals surface area contributed by atoms with Crippen molar-refractivity contribution in [2.45, 2.75) is 49.7 Å². The molecule has 0 radical (unpaired) electrons. The summed E-state index contributed by atoms with van der Waals surface area (Å²) in [5.41, 5.74) is 0. The third-order valence-electron chi connectivity index (χ3n) is 3.19. The standard InChI is InChI=1S/C13H22N2O5S/c1-8-6-15(7-9(2)21-8)13(20)14-10(12(18)19)4-3-5-11(16)17/h8-10H,3-7H2,1-2H3,(H,14,20)(H,16,17)(H,18,19)/t8?,9?,10-/m1/s1. The minimum atomic E-state index is -1.14. The Morgan fingerprint density at radius 3 is 2.29 bits per heavy atom. The number of hydrogen-bond acceptors (Lipinski definition) is 4. The van der Waals surface area contributed by atoms with E-state index in [1.54, 1.807) is 16.7 Å². The first kappa shape index (κ1) is 17.6. The number of urea groups is 1. The molecule has 0 bridgehead atoms. The molecular weight excluding hydrogens is 296 g/mol. The molecule has 8 heteroatoms. The first-order valence-corrected chi connectivity index (χ1v) is 7.89. The van der Waals surface area contributed by atoms with E-state index in [1.165, 1.54) is 0 Å². The number of aliphatic carboxylic acids is 2. The number of carboxylic acid groups (broad SMARTS) is 2. The molecule has 3 atom stereocenters. The summed E-state index contributed by atoms with van der Waals surface area (Å²) >= 11 is 1.80. The quantitative estimate of drug-likeness (QED) is 0.680. The smallest absolute Gasteiger partial charge is 0.326 e. The summed E-state index contributed by atoms with van der Waals surface area (Å²) in [6, 6.07) is -1.44. The van der Waals surface area contributed by atoms with Crippen molar-refractivity contribution in [3.8, 4) is 0 Å². The van der Waals surface area contributed by atoms with Crippen LogP contribution in [0, 0.1) is 0 Å². The number of carbonyl (C=O) groups excluding carboxylic acids is 1. The first-order valence-electron chi connectivity index (χ1n) is 6.95. The minimum absolute atomic E-state index is 0.103. The van der Waals surface area contributed by atoms with Gasteiger partial charge in [-0.05, 0) is 12.8 Å². The van der Waals surface area contributed by atoms with Crippen molar-refractivity contribution in [1.82, 2.24) is 10.2 Å². The monoisotopic (exact) mass is 318 g/mol. The first-order chi connectivity index (χ1) is 9.79. The highest BCUT2D eigenvalue weighted by Crippen LogP contribution is 2.24. The van der Waals surface area contributed by atoms with Crippen LogP contribution in [0.4, 0.5) is 4.79 Å². The molecule has 0 saturated carbocycles. The summed E-state index contributed by atoms with van der Waals surface area (Å²) < 4.78 is 0. The van der Waals surface area contributed by atoms with Crippen LogP contribution in [0.3, 0.4) is 0 Å². The predicted octanol–water partition coefficient (Wildman–Crippen LogP) is 1.23. The lowest BCUT2D eigenvalue weighted by Gasteiger charge is -2.35. The van der Waals surface area contributed by atoms with E-state index in [4.69, 9.17) is 10.2 Å². The predicted molar refractivity (Wildman–Crippen MR) is 79.5 cm³/mol. The van der Waals surface area contributed by atoms with Crippen LogP contribution in [-0.2, 0) is 9.59 Å². The zero-order valence-electron chi connectivity index (χ0n) is 12.2. The number of carboxylic acids is 2. The molecule has 1 aliphatic heterocycles. The Morgan fingerprint density at radius 1 is 1.24 bits per heavy atom. The summed E-state index contributed by atoms with van der Waals surface area (Å²) in [7, 11) is 0. The van der Waals surface area contributed by atoms with Crippen molar-refractivity contribution < 1.29 is 24.6 Å². The van der Waals surface area contributed by atoms with Crippen molar-refractivity contribution in [2.24, 2.45) is 0 Å². The molecule has 7 nitrogen and oxygen atoms in total. The summed E-state index contributed by atoms with van der Waals surface area (Å²) in [5.74, 6) is -2.11. The largest absolute Gasteiger partial charge is 0.481 e. The molecule has 0 aliphatic carbocycles. The molecular formula is C13H22N2O5S. The Kier molecular flexibility index (Phi) is 6.80. The van der Waals surface area contributed by atoms with Gasteiger partial charge in [0.25, 0.3) is 0 Å². The van der Waals surface area contributed by atoms with Gasteiger partial charge in [0.05, 0.1) is 0 Å². The average molecular weight is 318 g/mol. The van der Waals surface area contributed by atoms with Gasteiger partial charge >= 0.3 is 18.0 Å². The van der Waals surface area contributed by atoms with Crippen molar-refractivity contribution in [1.29, 1.82) is 0 Å². The highest BCUT2D eigenvalue weighted by atomic mass is 32.2. The molecule has 0 spiro atoms. The molecule has 1 fully saturated rings. The fourth-order valence-corrected chi connectivity index (χ4v) is 3.62.